The highest BCUT2D eigenvalue weighted by Crippen LogP contribution is 2.25. The minimum atomic E-state index is -0.552. The van der Waals surface area contributed by atoms with Crippen molar-refractivity contribution < 1.29 is 13.9 Å². The zero-order valence-electron chi connectivity index (χ0n) is 19.7. The number of aromatic nitrogens is 2. The van der Waals surface area contributed by atoms with Crippen LogP contribution in [0.4, 0.5) is 15.0 Å². The number of amides is 1. The summed E-state index contributed by atoms with van der Waals surface area (Å²) in [6.45, 7) is 7.95. The lowest BCUT2D eigenvalue weighted by Gasteiger charge is -2.36. The number of ether oxygens (including phenoxy) is 1. The predicted octanol–water partition coefficient (Wildman–Crippen LogP) is 4.78. The molecule has 1 fully saturated rings. The summed E-state index contributed by atoms with van der Waals surface area (Å²) in [5.74, 6) is 0.434. The summed E-state index contributed by atoms with van der Waals surface area (Å²) in [5.41, 5.74) is 2.72. The van der Waals surface area contributed by atoms with Crippen molar-refractivity contribution in [1.82, 2.24) is 20.2 Å². The van der Waals surface area contributed by atoms with Crippen molar-refractivity contribution in [3.05, 3.63) is 77.9 Å². The number of halogens is 1. The van der Waals surface area contributed by atoms with Crippen LogP contribution >= 0.6 is 0 Å². The smallest absolute Gasteiger partial charge is 0.410 e. The number of nitrogens with zero attached hydrogens (tertiary/aromatic N) is 3. The minimum Gasteiger partial charge on any atom is -0.444 e. The lowest BCUT2D eigenvalue weighted by molar-refractivity contribution is 0.0113. The highest BCUT2D eigenvalue weighted by Gasteiger charge is 2.32. The fraction of sp³-hybridized carbons (Fsp3) is 0.346. The second-order valence-electron chi connectivity index (χ2n) is 9.26. The van der Waals surface area contributed by atoms with Crippen molar-refractivity contribution in [1.29, 1.82) is 0 Å². The van der Waals surface area contributed by atoms with Crippen LogP contribution in [0.15, 0.2) is 60.8 Å². The van der Waals surface area contributed by atoms with Crippen LogP contribution in [0.25, 0.3) is 11.3 Å². The maximum Gasteiger partial charge on any atom is 0.410 e. The zero-order valence-corrected chi connectivity index (χ0v) is 19.7. The fourth-order valence-electron chi connectivity index (χ4n) is 3.80. The molecule has 1 saturated heterocycles. The fourth-order valence-corrected chi connectivity index (χ4v) is 3.80. The molecule has 2 N–H and O–H groups in total. The first-order valence-corrected chi connectivity index (χ1v) is 11.4. The molecule has 4 rings (SSSR count). The lowest BCUT2D eigenvalue weighted by atomic mass is 10.1. The van der Waals surface area contributed by atoms with Gasteiger partial charge in [-0.05, 0) is 62.7 Å². The van der Waals surface area contributed by atoms with Gasteiger partial charge in [0.15, 0.2) is 0 Å². The molecule has 7 nitrogen and oxygen atoms in total. The Morgan fingerprint density at radius 3 is 2.76 bits per heavy atom. The third-order valence-corrected chi connectivity index (χ3v) is 5.41. The van der Waals surface area contributed by atoms with E-state index in [1.54, 1.807) is 17.2 Å². The molecular weight excluding hydrogens is 433 g/mol. The van der Waals surface area contributed by atoms with Crippen molar-refractivity contribution >= 4 is 11.9 Å². The monoisotopic (exact) mass is 463 g/mol. The van der Waals surface area contributed by atoms with E-state index in [4.69, 9.17) is 4.74 Å². The van der Waals surface area contributed by atoms with Gasteiger partial charge in [0.2, 0.25) is 0 Å². The molecule has 0 saturated carbocycles. The number of hydrogen-bond acceptors (Lipinski definition) is 6. The predicted molar refractivity (Wildman–Crippen MR) is 130 cm³/mol. The van der Waals surface area contributed by atoms with Gasteiger partial charge in [0.05, 0.1) is 17.4 Å². The van der Waals surface area contributed by atoms with Gasteiger partial charge >= 0.3 is 6.09 Å². The van der Waals surface area contributed by atoms with Gasteiger partial charge in [-0.15, -0.1) is 0 Å². The largest absolute Gasteiger partial charge is 0.444 e. The third kappa shape index (κ3) is 6.08. The Morgan fingerprint density at radius 2 is 2.03 bits per heavy atom. The molecule has 34 heavy (non-hydrogen) atoms. The van der Waals surface area contributed by atoms with E-state index in [0.29, 0.717) is 32.0 Å². The van der Waals surface area contributed by atoms with Gasteiger partial charge in [-0.3, -0.25) is 9.88 Å². The molecule has 0 aliphatic carbocycles. The van der Waals surface area contributed by atoms with Crippen molar-refractivity contribution in [3.63, 3.8) is 0 Å². The highest BCUT2D eigenvalue weighted by atomic mass is 19.1. The molecule has 178 valence electrons. The number of anilines is 1. The Kier molecular flexibility index (Phi) is 7.07. The maximum absolute atomic E-state index is 13.4. The van der Waals surface area contributed by atoms with Gasteiger partial charge in [-0.25, -0.2) is 14.2 Å². The second-order valence-corrected chi connectivity index (χ2v) is 9.26. The Morgan fingerprint density at radius 1 is 1.21 bits per heavy atom. The van der Waals surface area contributed by atoms with Crippen LogP contribution in [-0.2, 0) is 11.3 Å². The molecule has 0 radical (unpaired) electrons. The number of pyridine rings is 2. The van der Waals surface area contributed by atoms with E-state index < -0.39 is 5.60 Å². The van der Waals surface area contributed by atoms with Gasteiger partial charge in [0, 0.05) is 37.9 Å². The van der Waals surface area contributed by atoms with E-state index in [1.807, 2.05) is 57.2 Å². The molecule has 1 aromatic carbocycles. The Bertz CT molecular complexity index is 1130. The van der Waals surface area contributed by atoms with Crippen molar-refractivity contribution in [3.8, 4) is 11.3 Å². The van der Waals surface area contributed by atoms with Crippen LogP contribution < -0.4 is 10.6 Å². The molecule has 1 aliphatic heterocycles. The quantitative estimate of drug-likeness (QED) is 0.567. The molecule has 0 spiro atoms. The van der Waals surface area contributed by atoms with Gasteiger partial charge in [0.25, 0.3) is 0 Å². The topological polar surface area (TPSA) is 79.4 Å². The first-order valence-electron chi connectivity index (χ1n) is 11.4. The molecule has 3 heterocycles. The van der Waals surface area contributed by atoms with Crippen LogP contribution in [0.1, 0.15) is 38.1 Å². The summed E-state index contributed by atoms with van der Waals surface area (Å²) in [5, 5.41) is 6.57. The Labute approximate surface area is 199 Å². The van der Waals surface area contributed by atoms with Crippen molar-refractivity contribution in [2.45, 2.75) is 39.0 Å². The third-order valence-electron chi connectivity index (χ3n) is 5.41. The van der Waals surface area contributed by atoms with Crippen LogP contribution in [0, 0.1) is 5.82 Å². The summed E-state index contributed by atoms with van der Waals surface area (Å²) < 4.78 is 19.0. The van der Waals surface area contributed by atoms with Crippen LogP contribution in [-0.4, -0.2) is 46.2 Å². The lowest BCUT2D eigenvalue weighted by Crippen LogP contribution is -2.50. The average Bonchev–Trinajstić information content (AvgIpc) is 2.82. The summed E-state index contributed by atoms with van der Waals surface area (Å²) in [6, 6.07) is 15.9. The minimum absolute atomic E-state index is 0.204. The van der Waals surface area contributed by atoms with Crippen LogP contribution in [0.5, 0.6) is 0 Å². The molecule has 0 bridgehead atoms. The highest BCUT2D eigenvalue weighted by molar-refractivity contribution is 5.69. The summed E-state index contributed by atoms with van der Waals surface area (Å²) in [4.78, 5) is 23.8. The SMILES string of the molecule is CC(C)(C)OC(=O)N1CCNCC1c1ccc(-c2cccc(NCc3cccc(F)c3)n2)cn1. The number of hydrogen-bond donors (Lipinski definition) is 2. The van der Waals surface area contributed by atoms with Crippen molar-refractivity contribution in [2.75, 3.05) is 25.0 Å². The molecule has 1 atom stereocenters. The van der Waals surface area contributed by atoms with E-state index >= 15 is 0 Å². The van der Waals surface area contributed by atoms with Crippen LogP contribution in [0.3, 0.4) is 0 Å². The zero-order chi connectivity index (χ0) is 24.1. The van der Waals surface area contributed by atoms with Gasteiger partial charge in [-0.2, -0.15) is 0 Å². The Balaban J connectivity index is 1.46. The standard InChI is InChI=1S/C26H30FN5O2/c1-26(2,3)34-25(33)32-13-12-28-17-23(32)22-11-10-19(16-29-22)21-8-5-9-24(31-21)30-15-18-6-4-7-20(27)14-18/h4-11,14,16,23,28H,12-13,15,17H2,1-3H3,(H,30,31). The van der Waals surface area contributed by atoms with Crippen LogP contribution in [0.2, 0.25) is 0 Å². The number of carbonyl (C=O) groups is 1. The molecule has 1 aliphatic rings. The Hall–Kier alpha value is -3.52. The molecule has 3 aromatic rings. The van der Waals surface area contributed by atoms with E-state index in [0.717, 1.165) is 22.5 Å². The number of rotatable bonds is 5. The number of piperazine rings is 1. The first kappa shape index (κ1) is 23.6. The van der Waals surface area contributed by atoms with Gasteiger partial charge in [0.1, 0.15) is 17.2 Å². The molecular formula is C26H30FN5O2. The van der Waals surface area contributed by atoms with Gasteiger partial charge < -0.3 is 15.4 Å². The van der Waals surface area contributed by atoms with Crippen molar-refractivity contribution in [2.24, 2.45) is 0 Å². The average molecular weight is 464 g/mol. The van der Waals surface area contributed by atoms with E-state index in [-0.39, 0.29) is 18.0 Å². The number of nitrogens with one attached hydrogen (secondary N) is 2. The summed E-state index contributed by atoms with van der Waals surface area (Å²) >= 11 is 0. The first-order chi connectivity index (χ1) is 16.3. The number of carbonyl (C=O) groups excluding carboxylic acids is 1. The van der Waals surface area contributed by atoms with Gasteiger partial charge in [-0.1, -0.05) is 18.2 Å². The molecule has 8 heteroatoms. The summed E-state index contributed by atoms with van der Waals surface area (Å²) in [6.07, 6.45) is 1.44. The molecule has 1 amide bonds. The van der Waals surface area contributed by atoms with E-state index in [1.165, 1.54) is 12.1 Å². The molecule has 1 unspecified atom stereocenters. The van der Waals surface area contributed by atoms with E-state index in [9.17, 15) is 9.18 Å². The molecule has 2 aromatic heterocycles. The van der Waals surface area contributed by atoms with E-state index in [2.05, 4.69) is 20.6 Å². The normalized spacial score (nSPS) is 16.2. The second kappa shape index (κ2) is 10.2. The summed E-state index contributed by atoms with van der Waals surface area (Å²) in [7, 11) is 0. The number of benzene rings is 1. The maximum atomic E-state index is 13.4.